The van der Waals surface area contributed by atoms with Crippen LogP contribution in [-0.4, -0.2) is 19.4 Å². The lowest BCUT2D eigenvalue weighted by molar-refractivity contribution is 0.412. The SMILES string of the molecule is O=S(=O)(NC1CCCCC1)c1nc2cc(Cl)ccc2s1. The fraction of sp³-hybridized carbons (Fsp3) is 0.462. The molecule has 1 aromatic carbocycles. The van der Waals surface area contributed by atoms with Gasteiger partial charge in [0, 0.05) is 11.1 Å². The van der Waals surface area contributed by atoms with Crippen molar-refractivity contribution < 1.29 is 8.42 Å². The first kappa shape index (κ1) is 14.3. The molecule has 3 rings (SSSR count). The summed E-state index contributed by atoms with van der Waals surface area (Å²) in [5.41, 5.74) is 0.631. The molecule has 4 nitrogen and oxygen atoms in total. The molecule has 7 heteroatoms. The maximum Gasteiger partial charge on any atom is 0.268 e. The van der Waals surface area contributed by atoms with Crippen LogP contribution in [0.2, 0.25) is 5.02 Å². The molecular weight excluding hydrogens is 316 g/mol. The Morgan fingerprint density at radius 2 is 2.00 bits per heavy atom. The second-order valence-electron chi connectivity index (χ2n) is 5.05. The average molecular weight is 331 g/mol. The van der Waals surface area contributed by atoms with Crippen LogP contribution in [0.25, 0.3) is 10.2 Å². The molecule has 0 atom stereocenters. The normalized spacial score (nSPS) is 17.6. The third-order valence-corrected chi connectivity index (χ3v) is 6.66. The van der Waals surface area contributed by atoms with E-state index in [0.29, 0.717) is 10.5 Å². The minimum absolute atomic E-state index is 0.0457. The predicted octanol–water partition coefficient (Wildman–Crippen LogP) is 3.56. The Morgan fingerprint density at radius 1 is 1.25 bits per heavy atom. The van der Waals surface area contributed by atoms with Crippen LogP contribution in [0.4, 0.5) is 0 Å². The molecule has 1 aliphatic rings. The highest BCUT2D eigenvalue weighted by Gasteiger charge is 2.24. The molecule has 0 unspecified atom stereocenters. The van der Waals surface area contributed by atoms with Gasteiger partial charge in [-0.1, -0.05) is 30.9 Å². The number of nitrogens with one attached hydrogen (secondary N) is 1. The molecular formula is C13H15ClN2O2S2. The number of rotatable bonds is 3. The van der Waals surface area contributed by atoms with Gasteiger partial charge in [0.2, 0.25) is 4.34 Å². The molecule has 0 radical (unpaired) electrons. The molecule has 1 heterocycles. The third-order valence-electron chi connectivity index (χ3n) is 3.49. The van der Waals surface area contributed by atoms with Gasteiger partial charge in [0.1, 0.15) is 0 Å². The number of hydrogen-bond donors (Lipinski definition) is 1. The van der Waals surface area contributed by atoms with Crippen LogP contribution in [0.3, 0.4) is 0 Å². The number of benzene rings is 1. The first-order valence-electron chi connectivity index (χ1n) is 6.63. The van der Waals surface area contributed by atoms with E-state index in [1.54, 1.807) is 18.2 Å². The molecule has 1 aliphatic carbocycles. The third kappa shape index (κ3) is 2.98. The number of aromatic nitrogens is 1. The average Bonchev–Trinajstić information content (AvgIpc) is 2.83. The predicted molar refractivity (Wildman–Crippen MR) is 81.8 cm³/mol. The quantitative estimate of drug-likeness (QED) is 0.936. The van der Waals surface area contributed by atoms with Crippen molar-refractivity contribution in [3.8, 4) is 0 Å². The van der Waals surface area contributed by atoms with Crippen molar-refractivity contribution in [2.75, 3.05) is 0 Å². The van der Waals surface area contributed by atoms with Crippen molar-refractivity contribution in [2.24, 2.45) is 0 Å². The fourth-order valence-corrected chi connectivity index (χ4v) is 5.17. The molecule has 0 spiro atoms. The number of nitrogens with zero attached hydrogens (tertiary/aromatic N) is 1. The topological polar surface area (TPSA) is 59.1 Å². The van der Waals surface area contributed by atoms with E-state index in [-0.39, 0.29) is 10.4 Å². The lowest BCUT2D eigenvalue weighted by atomic mass is 9.96. The number of sulfonamides is 1. The van der Waals surface area contributed by atoms with Crippen molar-refractivity contribution in [1.82, 2.24) is 9.71 Å². The summed E-state index contributed by atoms with van der Waals surface area (Å²) < 4.78 is 28.4. The van der Waals surface area contributed by atoms with E-state index in [9.17, 15) is 8.42 Å². The van der Waals surface area contributed by atoms with Crippen molar-refractivity contribution in [1.29, 1.82) is 0 Å². The van der Waals surface area contributed by atoms with Crippen LogP contribution in [0, 0.1) is 0 Å². The maximum atomic E-state index is 12.4. The highest BCUT2D eigenvalue weighted by molar-refractivity contribution is 7.91. The summed E-state index contributed by atoms with van der Waals surface area (Å²) in [6, 6.07) is 5.28. The molecule has 0 bridgehead atoms. The zero-order chi connectivity index (χ0) is 14.2. The van der Waals surface area contributed by atoms with Crippen molar-refractivity contribution in [2.45, 2.75) is 42.5 Å². The fourth-order valence-electron chi connectivity index (χ4n) is 2.48. The number of fused-ring (bicyclic) bond motifs is 1. The van der Waals surface area contributed by atoms with Gasteiger partial charge in [-0.15, -0.1) is 11.3 Å². The number of halogens is 1. The molecule has 1 N–H and O–H groups in total. The van der Waals surface area contributed by atoms with Gasteiger partial charge < -0.3 is 0 Å². The van der Waals surface area contributed by atoms with Crippen LogP contribution in [0.15, 0.2) is 22.5 Å². The van der Waals surface area contributed by atoms with Gasteiger partial charge in [0.25, 0.3) is 10.0 Å². The van der Waals surface area contributed by atoms with Gasteiger partial charge in [0.15, 0.2) is 0 Å². The van der Waals surface area contributed by atoms with Gasteiger partial charge in [-0.25, -0.2) is 18.1 Å². The van der Waals surface area contributed by atoms with E-state index in [0.717, 1.165) is 30.4 Å². The van der Waals surface area contributed by atoms with Crippen LogP contribution < -0.4 is 4.72 Å². The first-order valence-corrected chi connectivity index (χ1v) is 9.31. The Balaban J connectivity index is 1.88. The molecule has 0 saturated heterocycles. The summed E-state index contributed by atoms with van der Waals surface area (Å²) in [7, 11) is -3.52. The smallest absolute Gasteiger partial charge is 0.224 e. The van der Waals surface area contributed by atoms with Crippen LogP contribution in [-0.2, 0) is 10.0 Å². The molecule has 1 aromatic heterocycles. The molecule has 0 aliphatic heterocycles. The Labute approximate surface area is 127 Å². The summed E-state index contributed by atoms with van der Waals surface area (Å²) in [5, 5.41) is 0.562. The lowest BCUT2D eigenvalue weighted by Gasteiger charge is -2.21. The Kier molecular flexibility index (Phi) is 3.99. The van der Waals surface area contributed by atoms with Gasteiger partial charge in [-0.2, -0.15) is 0 Å². The van der Waals surface area contributed by atoms with Crippen LogP contribution in [0.1, 0.15) is 32.1 Å². The van der Waals surface area contributed by atoms with Crippen molar-refractivity contribution >= 4 is 43.2 Å². The van der Waals surface area contributed by atoms with E-state index in [2.05, 4.69) is 9.71 Å². The van der Waals surface area contributed by atoms with Crippen molar-refractivity contribution in [3.63, 3.8) is 0 Å². The van der Waals surface area contributed by atoms with Crippen LogP contribution >= 0.6 is 22.9 Å². The summed E-state index contributed by atoms with van der Waals surface area (Å²) in [6.07, 6.45) is 5.19. The molecule has 2 aromatic rings. The van der Waals surface area contributed by atoms with Gasteiger partial charge in [-0.3, -0.25) is 0 Å². The van der Waals surface area contributed by atoms with Crippen molar-refractivity contribution in [3.05, 3.63) is 23.2 Å². The van der Waals surface area contributed by atoms with Crippen LogP contribution in [0.5, 0.6) is 0 Å². The molecule has 1 fully saturated rings. The first-order chi connectivity index (χ1) is 9.54. The highest BCUT2D eigenvalue weighted by Crippen LogP contribution is 2.28. The maximum absolute atomic E-state index is 12.4. The Bertz CT molecular complexity index is 721. The largest absolute Gasteiger partial charge is 0.268 e. The summed E-state index contributed by atoms with van der Waals surface area (Å²) in [6.45, 7) is 0. The zero-order valence-corrected chi connectivity index (χ0v) is 13.2. The minimum Gasteiger partial charge on any atom is -0.224 e. The second-order valence-corrected chi connectivity index (χ2v) is 8.40. The van der Waals surface area contributed by atoms with E-state index in [1.807, 2.05) is 0 Å². The van der Waals surface area contributed by atoms with Gasteiger partial charge in [-0.05, 0) is 31.0 Å². The number of thiazole rings is 1. The Hall–Kier alpha value is -0.690. The molecule has 1 saturated carbocycles. The monoisotopic (exact) mass is 330 g/mol. The van der Waals surface area contributed by atoms with E-state index < -0.39 is 10.0 Å². The Morgan fingerprint density at radius 3 is 2.75 bits per heavy atom. The second kappa shape index (κ2) is 5.60. The standard InChI is InChI=1S/C13H15ClN2O2S2/c14-9-6-7-12-11(8-9)15-13(19-12)20(17,18)16-10-4-2-1-3-5-10/h6-8,10,16H,1-5H2. The molecule has 108 valence electrons. The summed E-state index contributed by atoms with van der Waals surface area (Å²) in [4.78, 5) is 4.19. The summed E-state index contributed by atoms with van der Waals surface area (Å²) >= 11 is 7.08. The molecule has 0 amide bonds. The zero-order valence-electron chi connectivity index (χ0n) is 10.8. The minimum atomic E-state index is -3.52. The van der Waals surface area contributed by atoms with E-state index >= 15 is 0 Å². The summed E-state index contributed by atoms with van der Waals surface area (Å²) in [5.74, 6) is 0. The number of hydrogen-bond acceptors (Lipinski definition) is 4. The van der Waals surface area contributed by atoms with Gasteiger partial charge in [0.05, 0.1) is 10.2 Å². The van der Waals surface area contributed by atoms with Gasteiger partial charge >= 0.3 is 0 Å². The lowest BCUT2D eigenvalue weighted by Crippen LogP contribution is -2.36. The van der Waals surface area contributed by atoms with E-state index in [4.69, 9.17) is 11.6 Å². The van der Waals surface area contributed by atoms with E-state index in [1.165, 1.54) is 17.8 Å². The molecule has 20 heavy (non-hydrogen) atoms. The highest BCUT2D eigenvalue weighted by atomic mass is 35.5.